The summed E-state index contributed by atoms with van der Waals surface area (Å²) >= 11 is 13.3. The molecule has 2 N–H and O–H groups in total. The van der Waals surface area contributed by atoms with Gasteiger partial charge in [-0.25, -0.2) is 5.43 Å². The molecule has 2 aliphatic rings. The first-order valence-electron chi connectivity index (χ1n) is 9.70. The molecule has 0 aromatic heterocycles. The van der Waals surface area contributed by atoms with Gasteiger partial charge in [-0.1, -0.05) is 0 Å². The molecule has 12 heteroatoms. The fourth-order valence-electron chi connectivity index (χ4n) is 4.33. The number of nitrogens with zero attached hydrogens (tertiary/aromatic N) is 2. The fourth-order valence-corrected chi connectivity index (χ4v) is 6.78. The number of carbonyl (C=O) groups is 4. The Balaban J connectivity index is 1.76. The second-order valence-electron chi connectivity index (χ2n) is 9.16. The highest BCUT2D eigenvalue weighted by Gasteiger charge is 2.45. The van der Waals surface area contributed by atoms with Crippen molar-refractivity contribution >= 4 is 87.3 Å². The summed E-state index contributed by atoms with van der Waals surface area (Å²) in [6, 6.07) is -0.230. The van der Waals surface area contributed by atoms with Crippen molar-refractivity contribution in [1.82, 2.24) is 20.7 Å². The van der Waals surface area contributed by atoms with Crippen LogP contribution >= 0.6 is 63.7 Å². The average molecular weight is 702 g/mol. The second kappa shape index (κ2) is 8.75. The minimum atomic E-state index is -1.08. The van der Waals surface area contributed by atoms with Gasteiger partial charge in [0.1, 0.15) is 0 Å². The Morgan fingerprint density at radius 2 is 1.22 bits per heavy atom. The van der Waals surface area contributed by atoms with Gasteiger partial charge in [0, 0.05) is 35.0 Å². The van der Waals surface area contributed by atoms with Crippen LogP contribution in [0.3, 0.4) is 0 Å². The van der Waals surface area contributed by atoms with Gasteiger partial charge in [-0.3, -0.25) is 24.1 Å². The highest BCUT2D eigenvalue weighted by Crippen LogP contribution is 2.45. The Labute approximate surface area is 219 Å². The van der Waals surface area contributed by atoms with Crippen molar-refractivity contribution in [3.05, 3.63) is 29.0 Å². The predicted molar refractivity (Wildman–Crippen MR) is 133 cm³/mol. The molecule has 32 heavy (non-hydrogen) atoms. The highest BCUT2D eigenvalue weighted by molar-refractivity contribution is 9.15. The van der Waals surface area contributed by atoms with E-state index < -0.39 is 23.6 Å². The average Bonchev–Trinajstić information content (AvgIpc) is 2.93. The molecule has 0 saturated carbocycles. The van der Waals surface area contributed by atoms with E-state index in [0.29, 0.717) is 35.7 Å². The van der Waals surface area contributed by atoms with Gasteiger partial charge in [0.05, 0.1) is 11.1 Å². The van der Waals surface area contributed by atoms with Crippen LogP contribution in [0.1, 0.15) is 61.3 Å². The summed E-state index contributed by atoms with van der Waals surface area (Å²) in [4.78, 5) is 53.2. The first-order valence-corrected chi connectivity index (χ1v) is 12.9. The highest BCUT2D eigenvalue weighted by atomic mass is 79.9. The third-order valence-corrected chi connectivity index (χ3v) is 10.9. The number of benzene rings is 1. The number of rotatable bonds is 2. The molecule has 1 aromatic rings. The molecule has 0 aliphatic carbocycles. The molecule has 2 heterocycles. The van der Waals surface area contributed by atoms with Crippen molar-refractivity contribution in [2.75, 3.05) is 7.05 Å². The van der Waals surface area contributed by atoms with E-state index in [9.17, 15) is 19.2 Å². The molecule has 8 nitrogen and oxygen atoms in total. The lowest BCUT2D eigenvalue weighted by molar-refractivity contribution is -0.142. The molecule has 1 saturated heterocycles. The van der Waals surface area contributed by atoms with Crippen LogP contribution in [-0.2, 0) is 9.59 Å². The summed E-state index contributed by atoms with van der Waals surface area (Å²) in [5.74, 6) is -3.47. The maximum absolute atomic E-state index is 12.9. The lowest BCUT2D eigenvalue weighted by atomic mass is 9.77. The maximum atomic E-state index is 12.9. The van der Waals surface area contributed by atoms with Gasteiger partial charge in [0.15, 0.2) is 0 Å². The lowest BCUT2D eigenvalue weighted by Crippen LogP contribution is -2.63. The van der Waals surface area contributed by atoms with E-state index in [2.05, 4.69) is 107 Å². The molecule has 0 bridgehead atoms. The van der Waals surface area contributed by atoms with Crippen LogP contribution in [-0.4, -0.2) is 57.7 Å². The number of hydrogen-bond donors (Lipinski definition) is 2. The number of fused-ring (bicyclic) bond motifs is 1. The van der Waals surface area contributed by atoms with E-state index in [1.165, 1.54) is 0 Å². The lowest BCUT2D eigenvalue weighted by Gasteiger charge is -2.53. The van der Waals surface area contributed by atoms with E-state index in [1.54, 1.807) is 0 Å². The second-order valence-corrected chi connectivity index (χ2v) is 12.3. The normalized spacial score (nSPS) is 20.3. The number of imide groups is 1. The molecule has 0 spiro atoms. The van der Waals surface area contributed by atoms with Crippen LogP contribution in [0.15, 0.2) is 17.9 Å². The summed E-state index contributed by atoms with van der Waals surface area (Å²) in [7, 11) is 2.04. The SMILES string of the molecule is CN1C(C)(C)CC(NC(=O)C(=O)NN2C(=O)c3c(Br)c(Br)c(Br)c(Br)c3C2=O)CC1(C)C. The summed E-state index contributed by atoms with van der Waals surface area (Å²) in [6.45, 7) is 8.33. The van der Waals surface area contributed by atoms with Gasteiger partial charge >= 0.3 is 11.8 Å². The first-order chi connectivity index (χ1) is 14.6. The van der Waals surface area contributed by atoms with Gasteiger partial charge in [0.2, 0.25) is 0 Å². The molecule has 4 amide bonds. The zero-order valence-electron chi connectivity index (χ0n) is 18.0. The molecule has 3 rings (SSSR count). The van der Waals surface area contributed by atoms with E-state index in [4.69, 9.17) is 0 Å². The number of likely N-dealkylation sites (tertiary alicyclic amines) is 1. The van der Waals surface area contributed by atoms with Gasteiger partial charge in [-0.15, -0.1) is 0 Å². The van der Waals surface area contributed by atoms with Gasteiger partial charge in [0.25, 0.3) is 11.8 Å². The fraction of sp³-hybridized carbons (Fsp3) is 0.500. The minimum Gasteiger partial charge on any atom is -0.345 e. The molecule has 1 fully saturated rings. The maximum Gasteiger partial charge on any atom is 0.328 e. The monoisotopic (exact) mass is 698 g/mol. The Hall–Kier alpha value is -0.820. The van der Waals surface area contributed by atoms with Crippen molar-refractivity contribution in [2.45, 2.75) is 57.7 Å². The van der Waals surface area contributed by atoms with Crippen molar-refractivity contribution in [2.24, 2.45) is 0 Å². The molecule has 1 aromatic carbocycles. The largest absolute Gasteiger partial charge is 0.345 e. The number of halogens is 4. The number of carbonyl (C=O) groups excluding carboxylic acids is 4. The minimum absolute atomic E-state index is 0.0801. The van der Waals surface area contributed by atoms with Gasteiger partial charge in [-0.2, -0.15) is 5.01 Å². The predicted octanol–water partition coefficient (Wildman–Crippen LogP) is 4.13. The molecule has 0 radical (unpaired) electrons. The smallest absolute Gasteiger partial charge is 0.328 e. The third-order valence-electron chi connectivity index (χ3n) is 6.16. The first kappa shape index (κ1) is 25.8. The Bertz CT molecular complexity index is 992. The number of amides is 4. The molecular weight excluding hydrogens is 680 g/mol. The molecular formula is C20H22Br4N4O4. The number of piperidine rings is 1. The topological polar surface area (TPSA) is 98.8 Å². The van der Waals surface area contributed by atoms with Crippen molar-refractivity contribution < 1.29 is 19.2 Å². The Morgan fingerprint density at radius 3 is 1.62 bits per heavy atom. The quantitative estimate of drug-likeness (QED) is 0.209. The molecule has 2 aliphatic heterocycles. The summed E-state index contributed by atoms with van der Waals surface area (Å²) in [5.41, 5.74) is 1.95. The summed E-state index contributed by atoms with van der Waals surface area (Å²) in [6.07, 6.45) is 1.31. The molecule has 0 atom stereocenters. The third kappa shape index (κ3) is 4.33. The van der Waals surface area contributed by atoms with Crippen molar-refractivity contribution in [1.29, 1.82) is 0 Å². The summed E-state index contributed by atoms with van der Waals surface area (Å²) in [5, 5.41) is 3.31. The van der Waals surface area contributed by atoms with Crippen LogP contribution in [0.5, 0.6) is 0 Å². The molecule has 0 unspecified atom stereocenters. The van der Waals surface area contributed by atoms with Crippen molar-refractivity contribution in [3.63, 3.8) is 0 Å². The Kier molecular flexibility index (Phi) is 7.06. The van der Waals surface area contributed by atoms with E-state index in [0.717, 1.165) is 0 Å². The zero-order chi connectivity index (χ0) is 24.3. The number of nitrogens with one attached hydrogen (secondary N) is 2. The standard InChI is InChI=1S/C20H22Br4N4O4/c1-19(2)6-8(7-20(3,4)27(19)5)25-15(29)16(30)26-28-17(31)9-10(18(28)32)12(22)14(24)13(23)11(9)21/h8H,6-7H2,1-5H3,(H,25,29)(H,26,30). The summed E-state index contributed by atoms with van der Waals surface area (Å²) < 4.78 is 1.78. The van der Waals surface area contributed by atoms with Crippen LogP contribution in [0.25, 0.3) is 0 Å². The van der Waals surface area contributed by atoms with Crippen molar-refractivity contribution in [3.8, 4) is 0 Å². The number of hydrazine groups is 1. The zero-order valence-corrected chi connectivity index (χ0v) is 24.4. The number of hydrogen-bond acceptors (Lipinski definition) is 5. The van der Waals surface area contributed by atoms with Gasteiger partial charge in [-0.05, 0) is 111 Å². The van der Waals surface area contributed by atoms with Crippen LogP contribution in [0.2, 0.25) is 0 Å². The van der Waals surface area contributed by atoms with Crippen LogP contribution in [0, 0.1) is 0 Å². The van der Waals surface area contributed by atoms with Crippen LogP contribution < -0.4 is 10.7 Å². The van der Waals surface area contributed by atoms with E-state index in [-0.39, 0.29) is 28.2 Å². The van der Waals surface area contributed by atoms with E-state index in [1.807, 2.05) is 7.05 Å². The molecule has 174 valence electrons. The Morgan fingerprint density at radius 1 is 0.812 bits per heavy atom. The van der Waals surface area contributed by atoms with Crippen LogP contribution in [0.4, 0.5) is 0 Å². The van der Waals surface area contributed by atoms with E-state index >= 15 is 0 Å². The van der Waals surface area contributed by atoms with Gasteiger partial charge < -0.3 is 5.32 Å².